The molecule has 2 aliphatic rings. The SMILES string of the molecule is CCCC(CC[C@H]1CC[C@@H]2[C@@H](/C=C/[C@H](O)COc3cccc(Cl)c3)[C@H](O)C[C@@H]2OC1)C(=O)O. The van der Waals surface area contributed by atoms with Crippen LogP contribution in [0.4, 0.5) is 0 Å². The van der Waals surface area contributed by atoms with Crippen LogP contribution in [0.1, 0.15) is 51.9 Å². The molecular formula is C26H37ClO6. The number of fused-ring (bicyclic) bond motifs is 1. The second-order valence-corrected chi connectivity index (χ2v) is 9.92. The van der Waals surface area contributed by atoms with E-state index in [0.717, 1.165) is 32.1 Å². The van der Waals surface area contributed by atoms with Crippen molar-refractivity contribution in [3.63, 3.8) is 0 Å². The molecular weight excluding hydrogens is 444 g/mol. The molecule has 2 fully saturated rings. The molecule has 1 aliphatic carbocycles. The highest BCUT2D eigenvalue weighted by atomic mass is 35.5. The second-order valence-electron chi connectivity index (χ2n) is 9.48. The number of aliphatic hydroxyl groups is 2. The summed E-state index contributed by atoms with van der Waals surface area (Å²) in [5, 5.41) is 30.9. The number of rotatable bonds is 11. The predicted octanol–water partition coefficient (Wildman–Crippen LogP) is 4.71. The third-order valence-corrected chi connectivity index (χ3v) is 7.26. The minimum absolute atomic E-state index is 0.00501. The van der Waals surface area contributed by atoms with Gasteiger partial charge in [0.25, 0.3) is 0 Å². The Morgan fingerprint density at radius 2 is 2.15 bits per heavy atom. The third-order valence-electron chi connectivity index (χ3n) is 7.03. The van der Waals surface area contributed by atoms with Crippen molar-refractivity contribution in [2.45, 2.75) is 70.2 Å². The first-order valence-electron chi connectivity index (χ1n) is 12.1. The summed E-state index contributed by atoms with van der Waals surface area (Å²) in [5.41, 5.74) is 0. The van der Waals surface area contributed by atoms with Crippen molar-refractivity contribution in [1.82, 2.24) is 0 Å². The molecule has 1 aromatic carbocycles. The fourth-order valence-corrected chi connectivity index (χ4v) is 5.35. The fraction of sp³-hybridized carbons (Fsp3) is 0.654. The Morgan fingerprint density at radius 1 is 1.33 bits per heavy atom. The maximum atomic E-state index is 11.4. The lowest BCUT2D eigenvalue weighted by Crippen LogP contribution is -2.22. The summed E-state index contributed by atoms with van der Waals surface area (Å²) in [6, 6.07) is 7.04. The van der Waals surface area contributed by atoms with Gasteiger partial charge in [-0.15, -0.1) is 0 Å². The van der Waals surface area contributed by atoms with Gasteiger partial charge in [0, 0.05) is 24.0 Å². The van der Waals surface area contributed by atoms with E-state index >= 15 is 0 Å². The van der Waals surface area contributed by atoms with E-state index in [0.29, 0.717) is 36.1 Å². The van der Waals surface area contributed by atoms with E-state index in [1.165, 1.54) is 0 Å². The molecule has 0 spiro atoms. The highest BCUT2D eigenvalue weighted by molar-refractivity contribution is 6.30. The zero-order chi connectivity index (χ0) is 23.8. The van der Waals surface area contributed by atoms with Crippen molar-refractivity contribution < 1.29 is 29.6 Å². The topological polar surface area (TPSA) is 96.2 Å². The van der Waals surface area contributed by atoms with Gasteiger partial charge in [-0.25, -0.2) is 0 Å². The smallest absolute Gasteiger partial charge is 0.306 e. The molecule has 33 heavy (non-hydrogen) atoms. The largest absolute Gasteiger partial charge is 0.491 e. The average molecular weight is 481 g/mol. The van der Waals surface area contributed by atoms with Crippen LogP contribution in [0.3, 0.4) is 0 Å². The summed E-state index contributed by atoms with van der Waals surface area (Å²) >= 11 is 5.95. The molecule has 3 rings (SSSR count). The monoisotopic (exact) mass is 480 g/mol. The van der Waals surface area contributed by atoms with Gasteiger partial charge in [-0.3, -0.25) is 4.79 Å². The Balaban J connectivity index is 1.50. The summed E-state index contributed by atoms with van der Waals surface area (Å²) in [6.07, 6.45) is 7.98. The number of benzene rings is 1. The van der Waals surface area contributed by atoms with Gasteiger partial charge in [0.15, 0.2) is 0 Å². The lowest BCUT2D eigenvalue weighted by molar-refractivity contribution is -0.142. The number of halogens is 1. The van der Waals surface area contributed by atoms with E-state index in [1.807, 2.05) is 13.0 Å². The molecule has 1 heterocycles. The van der Waals surface area contributed by atoms with Gasteiger partial charge in [-0.05, 0) is 62.1 Å². The molecule has 0 amide bonds. The summed E-state index contributed by atoms with van der Waals surface area (Å²) in [4.78, 5) is 11.4. The maximum Gasteiger partial charge on any atom is 0.306 e. The van der Waals surface area contributed by atoms with Crippen LogP contribution < -0.4 is 4.74 Å². The molecule has 0 aromatic heterocycles. The van der Waals surface area contributed by atoms with Gasteiger partial charge in [0.05, 0.1) is 18.1 Å². The molecule has 1 unspecified atom stereocenters. The van der Waals surface area contributed by atoms with Crippen LogP contribution in [-0.2, 0) is 9.53 Å². The maximum absolute atomic E-state index is 11.4. The van der Waals surface area contributed by atoms with E-state index in [1.54, 1.807) is 30.3 Å². The van der Waals surface area contributed by atoms with Gasteiger partial charge in [0.1, 0.15) is 18.5 Å². The molecule has 184 valence electrons. The van der Waals surface area contributed by atoms with Gasteiger partial charge in [0.2, 0.25) is 0 Å². The lowest BCUT2D eigenvalue weighted by Gasteiger charge is -2.21. The Hall–Kier alpha value is -1.60. The molecule has 1 saturated heterocycles. The van der Waals surface area contributed by atoms with E-state index in [9.17, 15) is 20.1 Å². The molecule has 1 aromatic rings. The number of hydrogen-bond acceptors (Lipinski definition) is 5. The lowest BCUT2D eigenvalue weighted by atomic mass is 9.85. The number of carboxylic acid groups (broad SMARTS) is 1. The highest BCUT2D eigenvalue weighted by Crippen LogP contribution is 2.42. The van der Waals surface area contributed by atoms with Crippen LogP contribution in [0.25, 0.3) is 0 Å². The minimum Gasteiger partial charge on any atom is -0.491 e. The number of hydrogen-bond donors (Lipinski definition) is 3. The Morgan fingerprint density at radius 3 is 2.88 bits per heavy atom. The van der Waals surface area contributed by atoms with E-state index in [-0.39, 0.29) is 30.5 Å². The van der Waals surface area contributed by atoms with Crippen LogP contribution >= 0.6 is 11.6 Å². The molecule has 1 saturated carbocycles. The molecule has 7 heteroatoms. The zero-order valence-corrected chi connectivity index (χ0v) is 20.1. The first-order valence-corrected chi connectivity index (χ1v) is 12.5. The van der Waals surface area contributed by atoms with Crippen molar-refractivity contribution in [1.29, 1.82) is 0 Å². The molecule has 1 aliphatic heterocycles. The summed E-state index contributed by atoms with van der Waals surface area (Å²) in [6.45, 7) is 2.75. The van der Waals surface area contributed by atoms with E-state index < -0.39 is 18.2 Å². The second kappa shape index (κ2) is 12.7. The van der Waals surface area contributed by atoms with Crippen molar-refractivity contribution >= 4 is 17.6 Å². The fourth-order valence-electron chi connectivity index (χ4n) is 5.17. The predicted molar refractivity (Wildman–Crippen MR) is 127 cm³/mol. The molecule has 0 radical (unpaired) electrons. The van der Waals surface area contributed by atoms with Gasteiger partial charge < -0.3 is 24.8 Å². The van der Waals surface area contributed by atoms with Crippen molar-refractivity contribution in [3.05, 3.63) is 41.4 Å². The molecule has 3 N–H and O–H groups in total. The summed E-state index contributed by atoms with van der Waals surface area (Å²) in [7, 11) is 0. The number of carboxylic acids is 1. The van der Waals surface area contributed by atoms with Crippen molar-refractivity contribution in [3.8, 4) is 5.75 Å². The van der Waals surface area contributed by atoms with Crippen molar-refractivity contribution in [2.24, 2.45) is 23.7 Å². The standard InChI is InChI=1S/C26H37ClO6/c1-2-4-18(26(30)31)9-7-17-8-11-23-22(24(29)14-25(23)33-15-17)12-10-20(28)16-32-21-6-3-5-19(27)13-21/h3,5-6,10,12-13,17-18,20,22-25,28-29H,2,4,7-9,11,14-16H2,1H3,(H,30,31)/b12-10+/t17-,18?,20-,22+,23+,24+,25-/m0/s1. The van der Waals surface area contributed by atoms with Gasteiger partial charge in [-0.2, -0.15) is 0 Å². The normalized spacial score (nSPS) is 29.4. The van der Waals surface area contributed by atoms with Gasteiger partial charge >= 0.3 is 5.97 Å². The Kier molecular flexibility index (Phi) is 10.0. The van der Waals surface area contributed by atoms with Crippen LogP contribution in [0.2, 0.25) is 5.02 Å². The van der Waals surface area contributed by atoms with Crippen LogP contribution in [-0.4, -0.2) is 52.8 Å². The molecule has 0 bridgehead atoms. The minimum atomic E-state index is -0.791. The van der Waals surface area contributed by atoms with Crippen molar-refractivity contribution in [2.75, 3.05) is 13.2 Å². The average Bonchev–Trinajstić information content (AvgIpc) is 2.94. The van der Waals surface area contributed by atoms with Crippen LogP contribution in [0.5, 0.6) is 5.75 Å². The quantitative estimate of drug-likeness (QED) is 0.397. The number of ether oxygens (including phenoxy) is 2. The number of aliphatic hydroxyl groups excluding tert-OH is 2. The van der Waals surface area contributed by atoms with Crippen LogP contribution in [0.15, 0.2) is 36.4 Å². The number of aliphatic carboxylic acids is 1. The van der Waals surface area contributed by atoms with E-state index in [4.69, 9.17) is 21.1 Å². The Bertz CT molecular complexity index is 784. The molecule has 7 atom stereocenters. The zero-order valence-electron chi connectivity index (χ0n) is 19.3. The van der Waals surface area contributed by atoms with Gasteiger partial charge in [-0.1, -0.05) is 43.2 Å². The molecule has 6 nitrogen and oxygen atoms in total. The Labute approximate surface area is 201 Å². The van der Waals surface area contributed by atoms with E-state index in [2.05, 4.69) is 0 Å². The first-order chi connectivity index (χ1) is 15.9. The number of carbonyl (C=O) groups is 1. The highest BCUT2D eigenvalue weighted by Gasteiger charge is 2.43. The first kappa shape index (κ1) is 26.0. The van der Waals surface area contributed by atoms with Crippen LogP contribution in [0, 0.1) is 23.7 Å². The third kappa shape index (κ3) is 7.71. The summed E-state index contributed by atoms with van der Waals surface area (Å²) in [5.74, 6) is 0.117. The summed E-state index contributed by atoms with van der Waals surface area (Å²) < 4.78 is 11.8.